The molecule has 0 radical (unpaired) electrons. The predicted octanol–water partition coefficient (Wildman–Crippen LogP) is 1.09. The number of carbonyl (C=O) groups is 2. The standard InChI is InChI=1S/C12H19NO4/c1-3-17-11(14)8-10(12(15)16-2)9-13-6-4-5-7-13/h9H,3-8H2,1-2H3/b10-9+. The number of methoxy groups -OCH3 is 1. The number of carbonyl (C=O) groups excluding carboxylic acids is 2. The van der Waals surface area contributed by atoms with Gasteiger partial charge in [0.05, 0.1) is 25.7 Å². The van der Waals surface area contributed by atoms with Gasteiger partial charge in [-0.05, 0) is 19.8 Å². The Bertz CT molecular complexity index is 306. The molecule has 1 fully saturated rings. The van der Waals surface area contributed by atoms with E-state index in [0.29, 0.717) is 12.2 Å². The molecule has 0 N–H and O–H groups in total. The van der Waals surface area contributed by atoms with Crippen molar-refractivity contribution in [2.75, 3.05) is 26.8 Å². The molecule has 1 aliphatic rings. The quantitative estimate of drug-likeness (QED) is 0.533. The summed E-state index contributed by atoms with van der Waals surface area (Å²) in [5.41, 5.74) is 0.354. The van der Waals surface area contributed by atoms with Crippen molar-refractivity contribution in [1.82, 2.24) is 4.90 Å². The summed E-state index contributed by atoms with van der Waals surface area (Å²) in [5, 5.41) is 0. The summed E-state index contributed by atoms with van der Waals surface area (Å²) in [4.78, 5) is 24.9. The molecule has 96 valence electrons. The first-order valence-electron chi connectivity index (χ1n) is 5.86. The minimum Gasteiger partial charge on any atom is -0.466 e. The van der Waals surface area contributed by atoms with Crippen molar-refractivity contribution in [3.63, 3.8) is 0 Å². The summed E-state index contributed by atoms with van der Waals surface area (Å²) in [6.45, 7) is 3.89. The Morgan fingerprint density at radius 2 is 1.94 bits per heavy atom. The molecule has 17 heavy (non-hydrogen) atoms. The van der Waals surface area contributed by atoms with Crippen LogP contribution in [0.5, 0.6) is 0 Å². The monoisotopic (exact) mass is 241 g/mol. The third-order valence-corrected chi connectivity index (χ3v) is 2.57. The van der Waals surface area contributed by atoms with Crippen molar-refractivity contribution in [3.8, 4) is 0 Å². The van der Waals surface area contributed by atoms with Gasteiger partial charge in [-0.3, -0.25) is 4.79 Å². The lowest BCUT2D eigenvalue weighted by Crippen LogP contribution is -2.18. The van der Waals surface area contributed by atoms with E-state index in [1.165, 1.54) is 7.11 Å². The van der Waals surface area contributed by atoms with Gasteiger partial charge >= 0.3 is 11.9 Å². The number of esters is 2. The van der Waals surface area contributed by atoms with Gasteiger partial charge in [0, 0.05) is 19.3 Å². The SMILES string of the molecule is CCOC(=O)C/C(=C\N1CCCC1)C(=O)OC. The van der Waals surface area contributed by atoms with Gasteiger partial charge in [-0.15, -0.1) is 0 Å². The van der Waals surface area contributed by atoms with Crippen molar-refractivity contribution < 1.29 is 19.1 Å². The maximum atomic E-state index is 11.5. The second-order valence-corrected chi connectivity index (χ2v) is 3.87. The molecule has 0 aliphatic carbocycles. The van der Waals surface area contributed by atoms with E-state index in [2.05, 4.69) is 4.74 Å². The number of likely N-dealkylation sites (tertiary alicyclic amines) is 1. The lowest BCUT2D eigenvalue weighted by molar-refractivity contribution is -0.145. The smallest absolute Gasteiger partial charge is 0.335 e. The number of rotatable bonds is 5. The van der Waals surface area contributed by atoms with Gasteiger partial charge in [0.15, 0.2) is 0 Å². The topological polar surface area (TPSA) is 55.8 Å². The highest BCUT2D eigenvalue weighted by molar-refractivity contribution is 5.93. The molecule has 0 bridgehead atoms. The van der Waals surface area contributed by atoms with Gasteiger partial charge in [0.1, 0.15) is 0 Å². The van der Waals surface area contributed by atoms with E-state index in [9.17, 15) is 9.59 Å². The fourth-order valence-corrected chi connectivity index (χ4v) is 1.76. The Labute approximate surface area is 101 Å². The predicted molar refractivity (Wildman–Crippen MR) is 62.2 cm³/mol. The molecule has 0 atom stereocenters. The number of hydrogen-bond acceptors (Lipinski definition) is 5. The van der Waals surface area contributed by atoms with Crippen LogP contribution in [0, 0.1) is 0 Å². The van der Waals surface area contributed by atoms with Crippen molar-refractivity contribution in [1.29, 1.82) is 0 Å². The molecule has 1 aliphatic heterocycles. The van der Waals surface area contributed by atoms with Crippen LogP contribution in [-0.4, -0.2) is 43.6 Å². The second-order valence-electron chi connectivity index (χ2n) is 3.87. The average molecular weight is 241 g/mol. The molecule has 5 nitrogen and oxygen atoms in total. The summed E-state index contributed by atoms with van der Waals surface area (Å²) >= 11 is 0. The van der Waals surface area contributed by atoms with Crippen LogP contribution in [0.1, 0.15) is 26.2 Å². The minimum atomic E-state index is -0.468. The lowest BCUT2D eigenvalue weighted by Gasteiger charge is -2.13. The van der Waals surface area contributed by atoms with Crippen LogP contribution in [0.2, 0.25) is 0 Å². The number of ether oxygens (including phenoxy) is 2. The van der Waals surface area contributed by atoms with Crippen LogP contribution in [0.4, 0.5) is 0 Å². The van der Waals surface area contributed by atoms with Crippen LogP contribution in [0.25, 0.3) is 0 Å². The van der Waals surface area contributed by atoms with E-state index in [0.717, 1.165) is 25.9 Å². The third kappa shape index (κ3) is 4.46. The lowest BCUT2D eigenvalue weighted by atomic mass is 10.2. The van der Waals surface area contributed by atoms with Crippen LogP contribution < -0.4 is 0 Å². The minimum absolute atomic E-state index is 0.0307. The molecule has 0 saturated carbocycles. The molecular weight excluding hydrogens is 222 g/mol. The van der Waals surface area contributed by atoms with E-state index < -0.39 is 11.9 Å². The fourth-order valence-electron chi connectivity index (χ4n) is 1.76. The third-order valence-electron chi connectivity index (χ3n) is 2.57. The van der Waals surface area contributed by atoms with Crippen molar-refractivity contribution >= 4 is 11.9 Å². The summed E-state index contributed by atoms with van der Waals surface area (Å²) in [5.74, 6) is -0.867. The highest BCUT2D eigenvalue weighted by Crippen LogP contribution is 2.13. The Morgan fingerprint density at radius 3 is 2.47 bits per heavy atom. The molecule has 0 spiro atoms. The fraction of sp³-hybridized carbons (Fsp3) is 0.667. The zero-order valence-electron chi connectivity index (χ0n) is 10.4. The Balaban J connectivity index is 2.65. The first-order chi connectivity index (χ1) is 8.17. The second kappa shape index (κ2) is 6.93. The molecule has 0 aromatic carbocycles. The maximum absolute atomic E-state index is 11.5. The first kappa shape index (κ1) is 13.5. The van der Waals surface area contributed by atoms with E-state index in [4.69, 9.17) is 4.74 Å². The highest BCUT2D eigenvalue weighted by atomic mass is 16.5. The van der Waals surface area contributed by atoms with Gasteiger partial charge < -0.3 is 14.4 Å². The zero-order valence-corrected chi connectivity index (χ0v) is 10.4. The normalized spacial score (nSPS) is 15.9. The summed E-state index contributed by atoms with van der Waals surface area (Å²) in [7, 11) is 1.31. The molecule has 0 unspecified atom stereocenters. The van der Waals surface area contributed by atoms with Crippen molar-refractivity contribution in [2.45, 2.75) is 26.2 Å². The maximum Gasteiger partial charge on any atom is 0.335 e. The molecule has 0 aromatic rings. The molecule has 1 heterocycles. The van der Waals surface area contributed by atoms with Crippen LogP contribution in [0.3, 0.4) is 0 Å². The van der Waals surface area contributed by atoms with Gasteiger partial charge in [-0.25, -0.2) is 4.79 Å². The van der Waals surface area contributed by atoms with Crippen molar-refractivity contribution in [2.24, 2.45) is 0 Å². The van der Waals surface area contributed by atoms with Crippen molar-refractivity contribution in [3.05, 3.63) is 11.8 Å². The molecule has 0 aromatic heterocycles. The van der Waals surface area contributed by atoms with Gasteiger partial charge in [-0.1, -0.05) is 0 Å². The van der Waals surface area contributed by atoms with E-state index >= 15 is 0 Å². The molecule has 0 amide bonds. The summed E-state index contributed by atoms with van der Waals surface area (Å²) in [6.07, 6.45) is 3.92. The van der Waals surface area contributed by atoms with Crippen LogP contribution >= 0.6 is 0 Å². The summed E-state index contributed by atoms with van der Waals surface area (Å²) in [6, 6.07) is 0. The van der Waals surface area contributed by atoms with Gasteiger partial charge in [0.2, 0.25) is 0 Å². The summed E-state index contributed by atoms with van der Waals surface area (Å²) < 4.78 is 9.49. The Hall–Kier alpha value is -1.52. The first-order valence-corrected chi connectivity index (χ1v) is 5.86. The molecular formula is C12H19NO4. The molecule has 1 rings (SSSR count). The Morgan fingerprint density at radius 1 is 1.29 bits per heavy atom. The molecule has 5 heteroatoms. The van der Waals surface area contributed by atoms with Crippen LogP contribution in [-0.2, 0) is 19.1 Å². The number of nitrogens with zero attached hydrogens (tertiary/aromatic N) is 1. The zero-order chi connectivity index (χ0) is 12.7. The molecule has 1 saturated heterocycles. The highest BCUT2D eigenvalue weighted by Gasteiger charge is 2.18. The largest absolute Gasteiger partial charge is 0.466 e. The van der Waals surface area contributed by atoms with Crippen LogP contribution in [0.15, 0.2) is 11.8 Å². The van der Waals surface area contributed by atoms with Gasteiger partial charge in [-0.2, -0.15) is 0 Å². The van der Waals surface area contributed by atoms with E-state index in [1.54, 1.807) is 13.1 Å². The van der Waals surface area contributed by atoms with E-state index in [-0.39, 0.29) is 6.42 Å². The van der Waals surface area contributed by atoms with E-state index in [1.807, 2.05) is 4.90 Å². The van der Waals surface area contributed by atoms with Gasteiger partial charge in [0.25, 0.3) is 0 Å². The average Bonchev–Trinajstić information content (AvgIpc) is 2.80. The Kier molecular flexibility index (Phi) is 5.52. The number of hydrogen-bond donors (Lipinski definition) is 0.